The van der Waals surface area contributed by atoms with Gasteiger partial charge in [0, 0.05) is 10.7 Å². The lowest BCUT2D eigenvalue weighted by Crippen LogP contribution is -2.03. The number of pyridine rings is 1. The molecule has 5 nitrogen and oxygen atoms in total. The van der Waals surface area contributed by atoms with Crippen molar-refractivity contribution in [3.8, 4) is 11.4 Å². The van der Waals surface area contributed by atoms with Crippen molar-refractivity contribution in [3.63, 3.8) is 0 Å². The van der Waals surface area contributed by atoms with Crippen molar-refractivity contribution in [2.45, 2.75) is 0 Å². The van der Waals surface area contributed by atoms with Crippen molar-refractivity contribution < 1.29 is 13.9 Å². The molecule has 0 spiro atoms. The molecule has 0 unspecified atom stereocenters. The van der Waals surface area contributed by atoms with Gasteiger partial charge in [0.25, 0.3) is 0 Å². The minimum atomic E-state index is -0.480. The number of methoxy groups -OCH3 is 1. The Kier molecular flexibility index (Phi) is 3.42. The molecule has 0 bridgehead atoms. The van der Waals surface area contributed by atoms with Crippen LogP contribution < -0.4 is 0 Å². The maximum Gasteiger partial charge on any atom is 0.339 e. The Bertz CT molecular complexity index is 847. The van der Waals surface area contributed by atoms with E-state index in [-0.39, 0.29) is 0 Å². The molecule has 106 valence electrons. The van der Waals surface area contributed by atoms with Gasteiger partial charge in [0.1, 0.15) is 5.82 Å². The Labute approximate surface area is 127 Å². The Morgan fingerprint density at radius 3 is 2.86 bits per heavy atom. The normalized spacial score (nSPS) is 10.8. The summed E-state index contributed by atoms with van der Waals surface area (Å²) >= 11 is 3.30. The number of nitrogens with zero attached hydrogens (tertiary/aromatic N) is 3. The van der Waals surface area contributed by atoms with Gasteiger partial charge in [-0.2, -0.15) is 0 Å². The molecule has 0 aliphatic carbocycles. The van der Waals surface area contributed by atoms with Gasteiger partial charge in [0.05, 0.1) is 18.2 Å². The number of halogens is 2. The lowest BCUT2D eigenvalue weighted by atomic mass is 10.2. The molecule has 0 aliphatic heterocycles. The predicted molar refractivity (Wildman–Crippen MR) is 77.4 cm³/mol. The first kappa shape index (κ1) is 13.7. The van der Waals surface area contributed by atoms with Crippen molar-refractivity contribution in [2.24, 2.45) is 0 Å². The Hall–Kier alpha value is -2.28. The summed E-state index contributed by atoms with van der Waals surface area (Å²) in [6, 6.07) is 7.75. The van der Waals surface area contributed by atoms with Crippen molar-refractivity contribution in [1.29, 1.82) is 0 Å². The van der Waals surface area contributed by atoms with Gasteiger partial charge in [-0.25, -0.2) is 9.18 Å². The first-order valence-corrected chi connectivity index (χ1v) is 6.78. The highest BCUT2D eigenvalue weighted by molar-refractivity contribution is 9.10. The van der Waals surface area contributed by atoms with Gasteiger partial charge in [0.15, 0.2) is 11.5 Å². The summed E-state index contributed by atoms with van der Waals surface area (Å²) in [5.74, 6) is -0.586. The van der Waals surface area contributed by atoms with E-state index < -0.39 is 11.8 Å². The smallest absolute Gasteiger partial charge is 0.339 e. The summed E-state index contributed by atoms with van der Waals surface area (Å²) < 4.78 is 20.9. The Morgan fingerprint density at radius 1 is 1.29 bits per heavy atom. The third-order valence-corrected chi connectivity index (χ3v) is 3.49. The second-order valence-electron chi connectivity index (χ2n) is 4.29. The maximum atomic E-state index is 14.0. The fourth-order valence-corrected chi connectivity index (χ4v) is 2.34. The van der Waals surface area contributed by atoms with Crippen LogP contribution in [0.5, 0.6) is 0 Å². The number of aromatic nitrogens is 3. The molecule has 0 N–H and O–H groups in total. The molecule has 0 radical (unpaired) electrons. The second-order valence-corrected chi connectivity index (χ2v) is 5.20. The summed E-state index contributed by atoms with van der Waals surface area (Å²) in [6.45, 7) is 0. The molecular formula is C14H9BrFN3O2. The molecule has 2 heterocycles. The van der Waals surface area contributed by atoms with E-state index in [0.717, 1.165) is 4.47 Å². The van der Waals surface area contributed by atoms with Crippen LogP contribution in [-0.4, -0.2) is 27.7 Å². The molecule has 0 aliphatic rings. The van der Waals surface area contributed by atoms with Crippen LogP contribution in [0.25, 0.3) is 17.0 Å². The number of esters is 1. The quantitative estimate of drug-likeness (QED) is 0.667. The molecule has 0 atom stereocenters. The minimum absolute atomic E-state index is 0.291. The molecule has 0 saturated heterocycles. The van der Waals surface area contributed by atoms with Gasteiger partial charge in [-0.05, 0) is 30.3 Å². The average Bonchev–Trinajstić information content (AvgIpc) is 2.91. The molecule has 1 aromatic carbocycles. The molecule has 3 aromatic rings. The highest BCUT2D eigenvalue weighted by Gasteiger charge is 2.15. The summed E-state index contributed by atoms with van der Waals surface area (Å²) in [6.07, 6.45) is 1.52. The van der Waals surface area contributed by atoms with Crippen LogP contribution in [-0.2, 0) is 4.74 Å². The SMILES string of the molecule is COC(=O)c1ccc2nnc(-c3cc(Br)ccc3F)n2c1. The molecule has 3 rings (SSSR count). The lowest BCUT2D eigenvalue weighted by molar-refractivity contribution is 0.0600. The van der Waals surface area contributed by atoms with Gasteiger partial charge in [-0.15, -0.1) is 10.2 Å². The van der Waals surface area contributed by atoms with E-state index in [1.807, 2.05) is 0 Å². The standard InChI is InChI=1S/C14H9BrFN3O2/c1-21-14(20)8-2-5-12-17-18-13(19(12)7-8)10-6-9(15)3-4-11(10)16/h2-7H,1H3. The van der Waals surface area contributed by atoms with Gasteiger partial charge in [-0.1, -0.05) is 15.9 Å². The van der Waals surface area contributed by atoms with Crippen LogP contribution in [0.3, 0.4) is 0 Å². The van der Waals surface area contributed by atoms with E-state index >= 15 is 0 Å². The summed E-state index contributed by atoms with van der Waals surface area (Å²) in [5.41, 5.74) is 1.14. The van der Waals surface area contributed by atoms with Gasteiger partial charge < -0.3 is 4.74 Å². The number of fused-ring (bicyclic) bond motifs is 1. The molecule has 0 saturated carbocycles. The Balaban J connectivity index is 2.23. The summed E-state index contributed by atoms with van der Waals surface area (Å²) in [7, 11) is 1.30. The summed E-state index contributed by atoms with van der Waals surface area (Å²) in [4.78, 5) is 11.6. The third kappa shape index (κ3) is 2.40. The maximum absolute atomic E-state index is 14.0. The molecular weight excluding hydrogens is 341 g/mol. The topological polar surface area (TPSA) is 56.5 Å². The van der Waals surface area contributed by atoms with Crippen LogP contribution in [0.4, 0.5) is 4.39 Å². The average molecular weight is 350 g/mol. The van der Waals surface area contributed by atoms with Crippen molar-refractivity contribution in [3.05, 3.63) is 52.4 Å². The lowest BCUT2D eigenvalue weighted by Gasteiger charge is -2.04. The number of ether oxygens (including phenoxy) is 1. The van der Waals surface area contributed by atoms with Crippen LogP contribution in [0.2, 0.25) is 0 Å². The molecule has 0 fully saturated rings. The number of hydrogen-bond donors (Lipinski definition) is 0. The fraction of sp³-hybridized carbons (Fsp3) is 0.0714. The molecule has 7 heteroatoms. The highest BCUT2D eigenvalue weighted by Crippen LogP contribution is 2.25. The monoisotopic (exact) mass is 349 g/mol. The van der Waals surface area contributed by atoms with Crippen molar-refractivity contribution in [2.75, 3.05) is 7.11 Å². The van der Waals surface area contributed by atoms with Gasteiger partial charge in [0.2, 0.25) is 0 Å². The number of carbonyl (C=O) groups is 1. The van der Waals surface area contributed by atoms with Crippen molar-refractivity contribution in [1.82, 2.24) is 14.6 Å². The molecule has 0 amide bonds. The third-order valence-electron chi connectivity index (χ3n) is 2.99. The van der Waals surface area contributed by atoms with E-state index in [9.17, 15) is 9.18 Å². The molecule has 21 heavy (non-hydrogen) atoms. The second kappa shape index (κ2) is 5.25. The van der Waals surface area contributed by atoms with E-state index in [4.69, 9.17) is 0 Å². The first-order valence-electron chi connectivity index (χ1n) is 5.98. The zero-order valence-electron chi connectivity index (χ0n) is 10.9. The zero-order valence-corrected chi connectivity index (χ0v) is 12.5. The minimum Gasteiger partial charge on any atom is -0.465 e. The van der Waals surface area contributed by atoms with E-state index in [0.29, 0.717) is 22.6 Å². The highest BCUT2D eigenvalue weighted by atomic mass is 79.9. The van der Waals surface area contributed by atoms with E-state index in [1.165, 1.54) is 19.4 Å². The fourth-order valence-electron chi connectivity index (χ4n) is 1.98. The van der Waals surface area contributed by atoms with E-state index in [1.54, 1.807) is 28.7 Å². The number of benzene rings is 1. The van der Waals surface area contributed by atoms with Crippen LogP contribution in [0.1, 0.15) is 10.4 Å². The van der Waals surface area contributed by atoms with Crippen LogP contribution >= 0.6 is 15.9 Å². The van der Waals surface area contributed by atoms with Crippen LogP contribution in [0.15, 0.2) is 41.0 Å². The number of hydrogen-bond acceptors (Lipinski definition) is 4. The van der Waals surface area contributed by atoms with Gasteiger partial charge in [-0.3, -0.25) is 4.40 Å². The van der Waals surface area contributed by atoms with Crippen LogP contribution in [0, 0.1) is 5.82 Å². The largest absolute Gasteiger partial charge is 0.465 e. The van der Waals surface area contributed by atoms with Gasteiger partial charge >= 0.3 is 5.97 Å². The zero-order chi connectivity index (χ0) is 15.0. The molecule has 2 aromatic heterocycles. The first-order chi connectivity index (χ1) is 10.1. The predicted octanol–water partition coefficient (Wildman–Crippen LogP) is 3.08. The summed E-state index contributed by atoms with van der Waals surface area (Å²) in [5, 5.41) is 7.96. The Morgan fingerprint density at radius 2 is 2.10 bits per heavy atom. The van der Waals surface area contributed by atoms with Crippen molar-refractivity contribution >= 4 is 27.5 Å². The number of rotatable bonds is 2. The van der Waals surface area contributed by atoms with E-state index in [2.05, 4.69) is 30.9 Å². The number of carbonyl (C=O) groups excluding carboxylic acids is 1.